The van der Waals surface area contributed by atoms with E-state index in [9.17, 15) is 0 Å². The van der Waals surface area contributed by atoms with Crippen LogP contribution in [0, 0.1) is 0 Å². The number of aromatic amines is 1. The van der Waals surface area contributed by atoms with Gasteiger partial charge in [0, 0.05) is 59.1 Å². The highest BCUT2D eigenvalue weighted by atomic mass is 32.2. The van der Waals surface area contributed by atoms with E-state index >= 15 is 0 Å². The molecule has 0 saturated heterocycles. The molecule has 3 aromatic carbocycles. The average Bonchev–Trinajstić information content (AvgIpc) is 3.38. The van der Waals surface area contributed by atoms with Crippen molar-refractivity contribution < 1.29 is 0 Å². The molecular formula is C26H25N3S. The predicted molar refractivity (Wildman–Crippen MR) is 129 cm³/mol. The number of anilines is 1. The lowest BCUT2D eigenvalue weighted by molar-refractivity contribution is 0.300. The Morgan fingerprint density at radius 3 is 2.73 bits per heavy atom. The molecule has 0 bridgehead atoms. The van der Waals surface area contributed by atoms with E-state index in [1.165, 1.54) is 49.8 Å². The van der Waals surface area contributed by atoms with Gasteiger partial charge in [-0.1, -0.05) is 48.5 Å². The summed E-state index contributed by atoms with van der Waals surface area (Å²) >= 11 is 1.90. The third kappa shape index (κ3) is 3.11. The Kier molecular flexibility index (Phi) is 4.55. The summed E-state index contributed by atoms with van der Waals surface area (Å²) in [5.41, 5.74) is 5.48. The maximum Gasteiger partial charge on any atom is 0.0563 e. The van der Waals surface area contributed by atoms with Gasteiger partial charge < -0.3 is 9.29 Å². The van der Waals surface area contributed by atoms with Crippen LogP contribution < -0.4 is 4.31 Å². The minimum Gasteiger partial charge on any atom is -0.361 e. The molecule has 6 rings (SSSR count). The highest BCUT2D eigenvalue weighted by Crippen LogP contribution is 2.45. The van der Waals surface area contributed by atoms with E-state index in [1.807, 2.05) is 11.9 Å². The first-order valence-corrected chi connectivity index (χ1v) is 11.6. The Hall–Kier alpha value is -2.69. The summed E-state index contributed by atoms with van der Waals surface area (Å²) in [6, 6.07) is 21.9. The highest BCUT2D eigenvalue weighted by Gasteiger charge is 2.22. The second kappa shape index (κ2) is 7.53. The molecule has 0 fully saturated rings. The van der Waals surface area contributed by atoms with Gasteiger partial charge in [-0.25, -0.2) is 0 Å². The number of hydrogen-bond donors (Lipinski definition) is 1. The van der Waals surface area contributed by atoms with Crippen molar-refractivity contribution in [1.82, 2.24) is 9.88 Å². The molecule has 0 unspecified atom stereocenters. The van der Waals surface area contributed by atoms with Crippen LogP contribution >= 0.6 is 11.9 Å². The number of nitrogens with one attached hydrogen (secondary N) is 1. The van der Waals surface area contributed by atoms with Crippen LogP contribution in [0.1, 0.15) is 18.4 Å². The molecule has 0 aliphatic carbocycles. The van der Waals surface area contributed by atoms with E-state index in [0.29, 0.717) is 0 Å². The second-order valence-electron chi connectivity index (χ2n) is 8.21. The van der Waals surface area contributed by atoms with Crippen LogP contribution in [0.2, 0.25) is 0 Å². The Balaban J connectivity index is 1.08. The number of H-pyrrole nitrogens is 1. The van der Waals surface area contributed by atoms with Gasteiger partial charge >= 0.3 is 0 Å². The van der Waals surface area contributed by atoms with Gasteiger partial charge in [-0.15, -0.1) is 0 Å². The minimum atomic E-state index is 1.05. The SMILES string of the molecule is C1=C(c2c[nH]c3ccccc23)CCN(CCCN2Sc3cccc4cccc2c34)C1. The number of para-hydroxylation sites is 1. The molecule has 2 aliphatic rings. The molecule has 0 saturated carbocycles. The summed E-state index contributed by atoms with van der Waals surface area (Å²) in [5, 5.41) is 4.12. The van der Waals surface area contributed by atoms with Crippen LogP contribution in [-0.4, -0.2) is 36.1 Å². The fourth-order valence-electron chi connectivity index (χ4n) is 4.84. The summed E-state index contributed by atoms with van der Waals surface area (Å²) in [6.45, 7) is 4.45. The lowest BCUT2D eigenvalue weighted by atomic mass is 9.99. The van der Waals surface area contributed by atoms with Crippen LogP contribution in [0.25, 0.3) is 27.2 Å². The lowest BCUT2D eigenvalue weighted by Crippen LogP contribution is -2.31. The maximum absolute atomic E-state index is 3.42. The van der Waals surface area contributed by atoms with Gasteiger partial charge in [0.2, 0.25) is 0 Å². The van der Waals surface area contributed by atoms with Gasteiger partial charge in [0.1, 0.15) is 0 Å². The standard InChI is InChI=1S/C26H25N3S/c1-2-9-23-21(8-1)22(18-27-23)19-12-16-28(17-13-19)14-5-15-29-24-10-3-6-20-7-4-11-25(30-29)26(20)24/h1-4,6-12,18,27H,5,13-17H2. The summed E-state index contributed by atoms with van der Waals surface area (Å²) in [4.78, 5) is 7.40. The largest absolute Gasteiger partial charge is 0.361 e. The van der Waals surface area contributed by atoms with Crippen LogP contribution in [0.5, 0.6) is 0 Å². The summed E-state index contributed by atoms with van der Waals surface area (Å²) in [5.74, 6) is 0. The third-order valence-electron chi connectivity index (χ3n) is 6.39. The molecule has 0 amide bonds. The molecule has 4 aromatic rings. The molecule has 0 atom stereocenters. The first-order valence-electron chi connectivity index (χ1n) is 10.8. The van der Waals surface area contributed by atoms with E-state index in [0.717, 1.165) is 32.6 Å². The van der Waals surface area contributed by atoms with E-state index in [4.69, 9.17) is 0 Å². The van der Waals surface area contributed by atoms with Crippen molar-refractivity contribution in [2.24, 2.45) is 0 Å². The van der Waals surface area contributed by atoms with Crippen molar-refractivity contribution >= 4 is 44.9 Å². The highest BCUT2D eigenvalue weighted by molar-refractivity contribution is 8.01. The lowest BCUT2D eigenvalue weighted by Gasteiger charge is -2.27. The molecular weight excluding hydrogens is 386 g/mol. The summed E-state index contributed by atoms with van der Waals surface area (Å²) in [6.07, 6.45) is 6.92. The van der Waals surface area contributed by atoms with Crippen molar-refractivity contribution in [2.75, 3.05) is 30.5 Å². The maximum atomic E-state index is 3.42. The Morgan fingerprint density at radius 1 is 0.933 bits per heavy atom. The first-order chi connectivity index (χ1) is 14.9. The number of hydrogen-bond acceptors (Lipinski definition) is 3. The van der Waals surface area contributed by atoms with Crippen molar-refractivity contribution in [3.63, 3.8) is 0 Å². The van der Waals surface area contributed by atoms with Crippen LogP contribution in [0.3, 0.4) is 0 Å². The third-order valence-corrected chi connectivity index (χ3v) is 7.52. The summed E-state index contributed by atoms with van der Waals surface area (Å²) in [7, 11) is 0. The molecule has 3 nitrogen and oxygen atoms in total. The zero-order valence-electron chi connectivity index (χ0n) is 17.0. The fourth-order valence-corrected chi connectivity index (χ4v) is 6.00. The van der Waals surface area contributed by atoms with Gasteiger partial charge in [0.05, 0.1) is 5.69 Å². The number of aromatic nitrogens is 1. The molecule has 30 heavy (non-hydrogen) atoms. The van der Waals surface area contributed by atoms with Crippen molar-refractivity contribution in [3.8, 4) is 0 Å². The number of nitrogens with zero attached hydrogens (tertiary/aromatic N) is 2. The number of rotatable bonds is 5. The minimum absolute atomic E-state index is 1.05. The Labute approximate surface area is 181 Å². The van der Waals surface area contributed by atoms with Crippen molar-refractivity contribution in [3.05, 3.63) is 78.5 Å². The van der Waals surface area contributed by atoms with E-state index in [-0.39, 0.29) is 0 Å². The predicted octanol–water partition coefficient (Wildman–Crippen LogP) is 6.33. The van der Waals surface area contributed by atoms with Gasteiger partial charge in [-0.2, -0.15) is 0 Å². The van der Waals surface area contributed by atoms with Crippen LogP contribution in [0.15, 0.2) is 77.8 Å². The molecule has 1 aromatic heterocycles. The smallest absolute Gasteiger partial charge is 0.0563 e. The Morgan fingerprint density at radius 2 is 1.83 bits per heavy atom. The van der Waals surface area contributed by atoms with Crippen LogP contribution in [-0.2, 0) is 0 Å². The number of benzene rings is 3. The monoisotopic (exact) mass is 411 g/mol. The fraction of sp³-hybridized carbons (Fsp3) is 0.231. The van der Waals surface area contributed by atoms with Crippen molar-refractivity contribution in [1.29, 1.82) is 0 Å². The van der Waals surface area contributed by atoms with Crippen molar-refractivity contribution in [2.45, 2.75) is 17.7 Å². The number of fused-ring (bicyclic) bond motifs is 1. The van der Waals surface area contributed by atoms with E-state index < -0.39 is 0 Å². The zero-order chi connectivity index (χ0) is 19.9. The molecule has 0 spiro atoms. The van der Waals surface area contributed by atoms with E-state index in [2.05, 4.69) is 87.1 Å². The Bertz CT molecular complexity index is 1250. The van der Waals surface area contributed by atoms with Gasteiger partial charge in [0.25, 0.3) is 0 Å². The topological polar surface area (TPSA) is 22.3 Å². The molecule has 2 aliphatic heterocycles. The van der Waals surface area contributed by atoms with Crippen LogP contribution in [0.4, 0.5) is 5.69 Å². The quantitative estimate of drug-likeness (QED) is 0.388. The normalized spacial score (nSPS) is 16.5. The second-order valence-corrected chi connectivity index (χ2v) is 9.27. The average molecular weight is 412 g/mol. The van der Waals surface area contributed by atoms with Gasteiger partial charge in [0.15, 0.2) is 0 Å². The van der Waals surface area contributed by atoms with Gasteiger partial charge in [-0.3, -0.25) is 4.90 Å². The summed E-state index contributed by atoms with van der Waals surface area (Å²) < 4.78 is 2.48. The molecule has 3 heterocycles. The van der Waals surface area contributed by atoms with E-state index in [1.54, 1.807) is 0 Å². The molecule has 4 heteroatoms. The molecule has 0 radical (unpaired) electrons. The molecule has 150 valence electrons. The zero-order valence-corrected chi connectivity index (χ0v) is 17.8. The molecule has 1 N–H and O–H groups in total. The van der Waals surface area contributed by atoms with Gasteiger partial charge in [-0.05, 0) is 53.9 Å². The first kappa shape index (κ1) is 18.1.